The summed E-state index contributed by atoms with van der Waals surface area (Å²) in [5.74, 6) is 0. The molecule has 0 aliphatic rings. The van der Waals surface area contributed by atoms with E-state index in [-0.39, 0.29) is 37.7 Å². The molecule has 6 heavy (non-hydrogen) atoms. The summed E-state index contributed by atoms with van der Waals surface area (Å²) in [6, 6.07) is 0. The molecule has 0 unspecified atom stereocenters. The molecular formula is BrCaO3P. The Kier molecular flexibility index (Phi) is 6.91. The van der Waals surface area contributed by atoms with Gasteiger partial charge >= 0.3 is 37.7 Å². The molecule has 32 valence electrons. The van der Waals surface area contributed by atoms with Crippen molar-refractivity contribution in [3.8, 4) is 0 Å². The summed E-state index contributed by atoms with van der Waals surface area (Å²) in [5.41, 5.74) is 0. The second kappa shape index (κ2) is 3.84. The van der Waals surface area contributed by atoms with Gasteiger partial charge in [-0.25, -0.2) is 0 Å². The number of rotatable bonds is 0. The van der Waals surface area contributed by atoms with Crippen molar-refractivity contribution < 1.29 is 14.4 Å². The summed E-state index contributed by atoms with van der Waals surface area (Å²) >= 11 is 1.82. The number of hydrogen-bond donors (Lipinski definition) is 0. The summed E-state index contributed by atoms with van der Waals surface area (Å²) in [5, 5.41) is 0. The molecule has 3 nitrogen and oxygen atoms in total. The van der Waals surface area contributed by atoms with Crippen molar-refractivity contribution >= 4 is 59.5 Å². The van der Waals surface area contributed by atoms with E-state index in [2.05, 4.69) is 0 Å². The van der Waals surface area contributed by atoms with Crippen molar-refractivity contribution in [1.29, 1.82) is 0 Å². The standard InChI is InChI=1S/BrH2O3P.Ca/c1-5(2,3)4;/h(H2,2,3,4);/q;+2/p-2. The van der Waals surface area contributed by atoms with Crippen molar-refractivity contribution in [2.75, 3.05) is 0 Å². The summed E-state index contributed by atoms with van der Waals surface area (Å²) < 4.78 is 9.02. The van der Waals surface area contributed by atoms with E-state index in [0.29, 0.717) is 0 Å². The van der Waals surface area contributed by atoms with E-state index in [9.17, 15) is 0 Å². The van der Waals surface area contributed by atoms with Crippen LogP contribution < -0.4 is 9.79 Å². The third kappa shape index (κ3) is 39.4. The molecule has 0 heterocycles. The van der Waals surface area contributed by atoms with E-state index in [1.807, 2.05) is 15.5 Å². The van der Waals surface area contributed by atoms with Crippen molar-refractivity contribution in [3.63, 3.8) is 0 Å². The van der Waals surface area contributed by atoms with Crippen LogP contribution in [0.2, 0.25) is 0 Å². The van der Waals surface area contributed by atoms with Gasteiger partial charge in [-0.15, -0.1) is 0 Å². The summed E-state index contributed by atoms with van der Waals surface area (Å²) in [7, 11) is 0. The maximum absolute atomic E-state index is 9.02. The molecule has 6 heteroatoms. The summed E-state index contributed by atoms with van der Waals surface area (Å²) in [4.78, 5) is 18.0. The van der Waals surface area contributed by atoms with Gasteiger partial charge in [0.25, 0.3) is 0 Å². The fourth-order valence-corrected chi connectivity index (χ4v) is 0. The van der Waals surface area contributed by atoms with Gasteiger partial charge in [-0.1, -0.05) is 15.5 Å². The fourth-order valence-electron chi connectivity index (χ4n) is 0. The molecule has 0 saturated carbocycles. The Bertz CT molecular complexity index is 56.9. The van der Waals surface area contributed by atoms with Crippen LogP contribution in [-0.2, 0) is 4.57 Å². The molecule has 0 aromatic rings. The molecule has 0 bridgehead atoms. The second-order valence-corrected chi connectivity index (χ2v) is 3.90. The normalized spacial score (nSPS) is 9.83. The zero-order valence-electron chi connectivity index (χ0n) is 2.76. The molecular weight excluding hydrogens is 199 g/mol. The van der Waals surface area contributed by atoms with Crippen molar-refractivity contribution in [1.82, 2.24) is 0 Å². The van der Waals surface area contributed by atoms with Crippen LogP contribution in [0, 0.1) is 0 Å². The van der Waals surface area contributed by atoms with Gasteiger partial charge in [0, 0.05) is 6.30 Å². The molecule has 0 aliphatic carbocycles. The molecule has 0 N–H and O–H groups in total. The van der Waals surface area contributed by atoms with Gasteiger partial charge in [0.15, 0.2) is 0 Å². The van der Waals surface area contributed by atoms with Crippen LogP contribution in [0.4, 0.5) is 0 Å². The Morgan fingerprint density at radius 2 is 1.50 bits per heavy atom. The summed E-state index contributed by atoms with van der Waals surface area (Å²) in [6.07, 6.45) is -4.33. The molecule has 0 radical (unpaired) electrons. The average Bonchev–Trinajstić information content (AvgIpc) is 0.722. The van der Waals surface area contributed by atoms with Crippen molar-refractivity contribution in [2.45, 2.75) is 0 Å². The fraction of sp³-hybridized carbons (Fsp3) is 0. The van der Waals surface area contributed by atoms with Gasteiger partial charge in [0.2, 0.25) is 0 Å². The third-order valence-electron chi connectivity index (χ3n) is 0. The Morgan fingerprint density at radius 3 is 1.50 bits per heavy atom. The number of halogens is 1. The molecule has 0 fully saturated rings. The smallest absolute Gasteiger partial charge is 0.803 e. The predicted octanol–water partition coefficient (Wildman–Crippen LogP) is -1.17. The van der Waals surface area contributed by atoms with Crippen LogP contribution in [0.5, 0.6) is 0 Å². The quantitative estimate of drug-likeness (QED) is 0.364. The van der Waals surface area contributed by atoms with E-state index in [1.54, 1.807) is 0 Å². The maximum atomic E-state index is 9.02. The molecule has 0 aromatic heterocycles. The Labute approximate surface area is 73.0 Å². The van der Waals surface area contributed by atoms with E-state index in [4.69, 9.17) is 14.4 Å². The van der Waals surface area contributed by atoms with E-state index in [0.717, 1.165) is 0 Å². The van der Waals surface area contributed by atoms with E-state index in [1.165, 1.54) is 0 Å². The summed E-state index contributed by atoms with van der Waals surface area (Å²) in [6.45, 7) is 0. The molecule has 0 saturated heterocycles. The third-order valence-corrected chi connectivity index (χ3v) is 0. The number of hydrogen-bond acceptors (Lipinski definition) is 3. The van der Waals surface area contributed by atoms with E-state index < -0.39 is 6.30 Å². The van der Waals surface area contributed by atoms with Crippen LogP contribution in [0.3, 0.4) is 0 Å². The first kappa shape index (κ1) is 10.8. The van der Waals surface area contributed by atoms with Crippen LogP contribution in [-0.4, -0.2) is 37.7 Å². The van der Waals surface area contributed by atoms with Gasteiger partial charge in [0.05, 0.1) is 0 Å². The SMILES string of the molecule is O=P([O-])([O-])Br.[Ca+2]. The minimum Gasteiger partial charge on any atom is -0.803 e. The van der Waals surface area contributed by atoms with Gasteiger partial charge < -0.3 is 14.4 Å². The Hall–Kier alpha value is 1.89. The van der Waals surface area contributed by atoms with Crippen LogP contribution in [0.15, 0.2) is 0 Å². The van der Waals surface area contributed by atoms with Crippen LogP contribution >= 0.6 is 21.8 Å². The largest absolute Gasteiger partial charge is 2.00 e. The van der Waals surface area contributed by atoms with Crippen molar-refractivity contribution in [2.24, 2.45) is 0 Å². The molecule has 0 rings (SSSR count). The topological polar surface area (TPSA) is 63.2 Å². The monoisotopic (exact) mass is 198 g/mol. The zero-order chi connectivity index (χ0) is 4.50. The van der Waals surface area contributed by atoms with Gasteiger partial charge in [-0.3, -0.25) is 0 Å². The zero-order valence-corrected chi connectivity index (χ0v) is 7.45. The van der Waals surface area contributed by atoms with E-state index >= 15 is 0 Å². The first-order valence-electron chi connectivity index (χ1n) is 0.717. The van der Waals surface area contributed by atoms with Gasteiger partial charge in [-0.05, 0) is 0 Å². The Balaban J connectivity index is 0. The minimum atomic E-state index is -4.33. The van der Waals surface area contributed by atoms with Gasteiger partial charge in [0.1, 0.15) is 0 Å². The molecule has 0 atom stereocenters. The second-order valence-electron chi connectivity index (χ2n) is 0.431. The van der Waals surface area contributed by atoms with Crippen LogP contribution in [0.25, 0.3) is 0 Å². The Morgan fingerprint density at radius 1 is 1.50 bits per heavy atom. The molecule has 0 spiro atoms. The first-order valence-corrected chi connectivity index (χ1v) is 4.28. The van der Waals surface area contributed by atoms with Crippen LogP contribution in [0.1, 0.15) is 0 Å². The maximum Gasteiger partial charge on any atom is 2.00 e. The van der Waals surface area contributed by atoms with Crippen molar-refractivity contribution in [3.05, 3.63) is 0 Å². The molecule has 0 aliphatic heterocycles. The molecule has 0 aromatic carbocycles. The first-order chi connectivity index (χ1) is 2.00. The predicted molar refractivity (Wildman–Crippen MR) is 22.3 cm³/mol. The minimum absolute atomic E-state index is 0. The van der Waals surface area contributed by atoms with Gasteiger partial charge in [-0.2, -0.15) is 0 Å². The average molecular weight is 199 g/mol. The molecule has 0 amide bonds.